The summed E-state index contributed by atoms with van der Waals surface area (Å²) in [5.41, 5.74) is 1.00. The van der Waals surface area contributed by atoms with Gasteiger partial charge in [-0.3, -0.25) is 14.6 Å². The third-order valence-corrected chi connectivity index (χ3v) is 6.62. The van der Waals surface area contributed by atoms with E-state index < -0.39 is 6.10 Å². The number of hydrogen-bond acceptors (Lipinski definition) is 6. The zero-order valence-electron chi connectivity index (χ0n) is 17.9. The third kappa shape index (κ3) is 5.81. The van der Waals surface area contributed by atoms with Crippen molar-refractivity contribution in [3.8, 4) is 0 Å². The minimum Gasteiger partial charge on any atom is -0.389 e. The SMILES string of the molecule is O=C(C[C@@H]1CC[C@@H]2[C@H](COC[C@H](O)CN2C(=O)C2CCCC2)O1)NCc1ccncc1. The summed E-state index contributed by atoms with van der Waals surface area (Å²) in [4.78, 5) is 31.4. The molecule has 1 aromatic heterocycles. The number of fused-ring (bicyclic) bond motifs is 1. The summed E-state index contributed by atoms with van der Waals surface area (Å²) in [6.07, 6.45) is 8.05. The first kappa shape index (κ1) is 22.2. The zero-order chi connectivity index (χ0) is 21.6. The van der Waals surface area contributed by atoms with Gasteiger partial charge in [0.05, 0.1) is 37.9 Å². The normalized spacial score (nSPS) is 29.6. The Morgan fingerprint density at radius 3 is 2.68 bits per heavy atom. The van der Waals surface area contributed by atoms with Gasteiger partial charge >= 0.3 is 0 Å². The van der Waals surface area contributed by atoms with Gasteiger partial charge in [0.2, 0.25) is 11.8 Å². The molecule has 1 saturated carbocycles. The second-order valence-corrected chi connectivity index (χ2v) is 8.94. The van der Waals surface area contributed by atoms with E-state index in [9.17, 15) is 14.7 Å². The summed E-state index contributed by atoms with van der Waals surface area (Å²) in [6, 6.07) is 3.63. The van der Waals surface area contributed by atoms with Crippen molar-refractivity contribution in [3.05, 3.63) is 30.1 Å². The quantitative estimate of drug-likeness (QED) is 0.731. The van der Waals surface area contributed by atoms with E-state index in [1.807, 2.05) is 17.0 Å². The van der Waals surface area contributed by atoms with Crippen molar-refractivity contribution in [1.29, 1.82) is 0 Å². The number of nitrogens with zero attached hydrogens (tertiary/aromatic N) is 2. The van der Waals surface area contributed by atoms with E-state index in [1.165, 1.54) is 0 Å². The second-order valence-electron chi connectivity index (χ2n) is 8.94. The fourth-order valence-corrected chi connectivity index (χ4v) is 4.98. The van der Waals surface area contributed by atoms with E-state index in [4.69, 9.17) is 9.47 Å². The van der Waals surface area contributed by atoms with Crippen molar-refractivity contribution in [2.45, 2.75) is 75.8 Å². The molecule has 4 rings (SSSR count). The highest BCUT2D eigenvalue weighted by Gasteiger charge is 2.41. The van der Waals surface area contributed by atoms with E-state index >= 15 is 0 Å². The lowest BCUT2D eigenvalue weighted by atomic mass is 9.93. The lowest BCUT2D eigenvalue weighted by molar-refractivity contribution is -0.171. The average molecular weight is 432 g/mol. The Balaban J connectivity index is 1.34. The molecular weight excluding hydrogens is 398 g/mol. The summed E-state index contributed by atoms with van der Waals surface area (Å²) < 4.78 is 11.9. The van der Waals surface area contributed by atoms with Crippen molar-refractivity contribution in [2.75, 3.05) is 19.8 Å². The van der Waals surface area contributed by atoms with Crippen LogP contribution in [0, 0.1) is 5.92 Å². The molecule has 1 aliphatic carbocycles. The molecule has 31 heavy (non-hydrogen) atoms. The van der Waals surface area contributed by atoms with Crippen LogP contribution >= 0.6 is 0 Å². The molecule has 2 amide bonds. The van der Waals surface area contributed by atoms with Crippen molar-refractivity contribution >= 4 is 11.8 Å². The summed E-state index contributed by atoms with van der Waals surface area (Å²) in [5.74, 6) is 0.150. The van der Waals surface area contributed by atoms with E-state index in [2.05, 4.69) is 10.3 Å². The van der Waals surface area contributed by atoms with Crippen LogP contribution in [0.2, 0.25) is 0 Å². The van der Waals surface area contributed by atoms with E-state index in [1.54, 1.807) is 12.4 Å². The van der Waals surface area contributed by atoms with Crippen LogP contribution in [0.25, 0.3) is 0 Å². The van der Waals surface area contributed by atoms with Crippen LogP contribution < -0.4 is 5.32 Å². The maximum Gasteiger partial charge on any atom is 0.226 e. The Kier molecular flexibility index (Phi) is 7.53. The molecule has 0 unspecified atom stereocenters. The molecule has 3 aliphatic rings. The first-order valence-corrected chi connectivity index (χ1v) is 11.5. The van der Waals surface area contributed by atoms with Gasteiger partial charge in [0.15, 0.2) is 0 Å². The highest BCUT2D eigenvalue weighted by Crippen LogP contribution is 2.32. The molecule has 8 heteroatoms. The van der Waals surface area contributed by atoms with Gasteiger partial charge in [-0.25, -0.2) is 0 Å². The van der Waals surface area contributed by atoms with Crippen molar-refractivity contribution in [3.63, 3.8) is 0 Å². The third-order valence-electron chi connectivity index (χ3n) is 6.62. The van der Waals surface area contributed by atoms with Gasteiger partial charge in [-0.2, -0.15) is 0 Å². The van der Waals surface area contributed by atoms with E-state index in [-0.39, 0.29) is 55.6 Å². The molecule has 0 radical (unpaired) electrons. The number of ether oxygens (including phenoxy) is 2. The van der Waals surface area contributed by atoms with Gasteiger partial charge in [0.1, 0.15) is 6.10 Å². The number of pyridine rings is 1. The maximum atomic E-state index is 13.2. The molecule has 2 N–H and O–H groups in total. The number of rotatable bonds is 5. The largest absolute Gasteiger partial charge is 0.389 e. The number of carbonyl (C=O) groups is 2. The van der Waals surface area contributed by atoms with Gasteiger partial charge in [-0.15, -0.1) is 0 Å². The molecule has 2 aliphatic heterocycles. The predicted molar refractivity (Wildman–Crippen MR) is 113 cm³/mol. The van der Waals surface area contributed by atoms with Crippen LogP contribution in [0.1, 0.15) is 50.5 Å². The van der Waals surface area contributed by atoms with E-state index in [0.717, 1.165) is 37.7 Å². The van der Waals surface area contributed by atoms with Crippen LogP contribution in [-0.2, 0) is 25.6 Å². The molecule has 0 spiro atoms. The Morgan fingerprint density at radius 2 is 1.90 bits per heavy atom. The fraction of sp³-hybridized carbons (Fsp3) is 0.696. The molecule has 1 aromatic rings. The van der Waals surface area contributed by atoms with Crippen LogP contribution in [0.3, 0.4) is 0 Å². The lowest BCUT2D eigenvalue weighted by Crippen LogP contribution is -2.58. The van der Waals surface area contributed by atoms with Crippen LogP contribution in [-0.4, -0.2) is 70.9 Å². The highest BCUT2D eigenvalue weighted by atomic mass is 16.5. The molecule has 2 saturated heterocycles. The molecule has 8 nitrogen and oxygen atoms in total. The lowest BCUT2D eigenvalue weighted by Gasteiger charge is -2.45. The van der Waals surface area contributed by atoms with Crippen LogP contribution in [0.5, 0.6) is 0 Å². The second kappa shape index (κ2) is 10.5. The Bertz CT molecular complexity index is 740. The zero-order valence-corrected chi connectivity index (χ0v) is 17.9. The van der Waals surface area contributed by atoms with Crippen molar-refractivity contribution < 1.29 is 24.2 Å². The molecule has 0 bridgehead atoms. The van der Waals surface area contributed by atoms with Gasteiger partial charge in [-0.1, -0.05) is 12.8 Å². The molecule has 3 fully saturated rings. The Morgan fingerprint density at radius 1 is 1.13 bits per heavy atom. The predicted octanol–water partition coefficient (Wildman–Crippen LogP) is 1.41. The molecule has 4 atom stereocenters. The number of nitrogens with one attached hydrogen (secondary N) is 1. The summed E-state index contributed by atoms with van der Waals surface area (Å²) >= 11 is 0. The number of carbonyl (C=O) groups excluding carboxylic acids is 2. The number of aliphatic hydroxyl groups excluding tert-OH is 1. The van der Waals surface area contributed by atoms with Gasteiger partial charge < -0.3 is 24.8 Å². The smallest absolute Gasteiger partial charge is 0.226 e. The summed E-state index contributed by atoms with van der Waals surface area (Å²) in [6.45, 7) is 1.27. The van der Waals surface area contributed by atoms with Crippen LogP contribution in [0.15, 0.2) is 24.5 Å². The maximum absolute atomic E-state index is 13.2. The molecular formula is C23H33N3O5. The molecule has 0 aromatic carbocycles. The van der Waals surface area contributed by atoms with E-state index in [0.29, 0.717) is 19.6 Å². The van der Waals surface area contributed by atoms with Crippen molar-refractivity contribution in [2.24, 2.45) is 5.92 Å². The Labute approximate surface area is 183 Å². The number of amides is 2. The summed E-state index contributed by atoms with van der Waals surface area (Å²) in [7, 11) is 0. The van der Waals surface area contributed by atoms with Gasteiger partial charge in [-0.05, 0) is 43.4 Å². The average Bonchev–Trinajstić information content (AvgIpc) is 3.31. The number of β-amino-alcohol motifs (C(OH)–C–C–N with tert-alkyl or cyclic N) is 1. The molecule has 170 valence electrons. The topological polar surface area (TPSA) is 101 Å². The van der Waals surface area contributed by atoms with Gasteiger partial charge in [0.25, 0.3) is 0 Å². The minimum absolute atomic E-state index is 0.0543. The number of aliphatic hydroxyl groups is 1. The fourth-order valence-electron chi connectivity index (χ4n) is 4.98. The highest BCUT2D eigenvalue weighted by molar-refractivity contribution is 5.79. The first-order valence-electron chi connectivity index (χ1n) is 11.5. The standard InChI is InChI=1S/C23H33N3O5/c27-18-13-26(23(29)17-3-1-2-4-17)20-6-5-19(31-21(20)15-30-14-18)11-22(28)25-12-16-7-9-24-10-8-16/h7-10,17-21,27H,1-6,11-15H2,(H,25,28)/t18-,19+,20-,21+/m1/s1. The monoisotopic (exact) mass is 431 g/mol. The summed E-state index contributed by atoms with van der Waals surface area (Å²) in [5, 5.41) is 13.2. The Hall–Kier alpha value is -2.03. The number of hydrogen-bond donors (Lipinski definition) is 2. The van der Waals surface area contributed by atoms with Crippen molar-refractivity contribution in [1.82, 2.24) is 15.2 Å². The minimum atomic E-state index is -0.678. The van der Waals surface area contributed by atoms with Gasteiger partial charge in [0, 0.05) is 31.4 Å². The van der Waals surface area contributed by atoms with Crippen LogP contribution in [0.4, 0.5) is 0 Å². The number of aromatic nitrogens is 1. The molecule has 3 heterocycles. The first-order chi connectivity index (χ1) is 15.1.